The van der Waals surface area contributed by atoms with Crippen molar-refractivity contribution in [3.63, 3.8) is 0 Å². The first-order chi connectivity index (χ1) is 9.47. The molecule has 1 aromatic rings. The second-order valence-electron chi connectivity index (χ2n) is 4.17. The maximum Gasteiger partial charge on any atom is 0.348 e. The summed E-state index contributed by atoms with van der Waals surface area (Å²) in [5, 5.41) is 9.05. The second kappa shape index (κ2) is 5.17. The number of carbonyl (C=O) groups is 2. The number of hydrogen-bond donors (Lipinski definition) is 3. The fourth-order valence-corrected chi connectivity index (χ4v) is 2.01. The van der Waals surface area contributed by atoms with E-state index in [0.29, 0.717) is 0 Å². The van der Waals surface area contributed by atoms with Crippen LogP contribution in [0.3, 0.4) is 0 Å². The maximum atomic E-state index is 12.1. The Hall–Kier alpha value is -2.62. The van der Waals surface area contributed by atoms with Crippen molar-refractivity contribution in [1.82, 2.24) is 19.4 Å². The van der Waals surface area contributed by atoms with Gasteiger partial charge >= 0.3 is 17.3 Å². The molecule has 0 radical (unpaired) electrons. The first-order valence-corrected chi connectivity index (χ1v) is 5.78. The molecule has 0 spiro atoms. The number of carboxylic acid groups (broad SMARTS) is 1. The van der Waals surface area contributed by atoms with Crippen LogP contribution in [0.2, 0.25) is 0 Å². The number of fused-ring (bicyclic) bond motifs is 1. The van der Waals surface area contributed by atoms with Crippen LogP contribution in [-0.4, -0.2) is 30.9 Å². The van der Waals surface area contributed by atoms with Crippen molar-refractivity contribution in [2.45, 2.75) is 25.6 Å². The van der Waals surface area contributed by atoms with Gasteiger partial charge < -0.3 is 5.11 Å². The van der Waals surface area contributed by atoms with Crippen LogP contribution in [0.1, 0.15) is 12.5 Å². The number of amides is 1. The van der Waals surface area contributed by atoms with Crippen molar-refractivity contribution in [1.29, 1.82) is 0 Å². The summed E-state index contributed by atoms with van der Waals surface area (Å²) < 4.78 is 2.71. The Bertz CT molecular complexity index is 694. The van der Waals surface area contributed by atoms with E-state index in [0.717, 1.165) is 13.9 Å². The van der Waals surface area contributed by atoms with Crippen LogP contribution in [0.25, 0.3) is 0 Å². The fraction of sp³-hybridized carbons (Fsp3) is 0.400. The smallest absolute Gasteiger partial charge is 0.348 e. The molecule has 10 heteroatoms. The predicted octanol–water partition coefficient (Wildman–Crippen LogP) is -2.61. The molecule has 108 valence electrons. The molecule has 10 nitrogen and oxygen atoms in total. The molecule has 0 aromatic carbocycles. The Labute approximate surface area is 111 Å². The minimum absolute atomic E-state index is 0.105. The lowest BCUT2D eigenvalue weighted by atomic mass is 10.2. The summed E-state index contributed by atoms with van der Waals surface area (Å²) in [7, 11) is 0. The predicted molar refractivity (Wildman–Crippen MR) is 65.7 cm³/mol. The van der Waals surface area contributed by atoms with Gasteiger partial charge in [-0.25, -0.2) is 34.2 Å². The van der Waals surface area contributed by atoms with Crippen LogP contribution in [0, 0.1) is 0 Å². The van der Waals surface area contributed by atoms with E-state index in [1.807, 2.05) is 5.43 Å². The normalized spacial score (nSPS) is 16.8. The fourth-order valence-electron chi connectivity index (χ4n) is 2.01. The lowest BCUT2D eigenvalue weighted by molar-refractivity contribution is -0.140. The Kier molecular flexibility index (Phi) is 3.57. The van der Waals surface area contributed by atoms with Gasteiger partial charge in [-0.05, 0) is 0 Å². The van der Waals surface area contributed by atoms with Crippen LogP contribution in [0.4, 0.5) is 0 Å². The van der Waals surface area contributed by atoms with Crippen molar-refractivity contribution < 1.29 is 14.7 Å². The Morgan fingerprint density at radius 1 is 1.40 bits per heavy atom. The third-order valence-electron chi connectivity index (χ3n) is 2.98. The SMILES string of the molecule is NNC(=O)CCn1c(=O)n2n(c1=O)C(C(=O)O)C=CC2. The number of hydrazine groups is 1. The molecule has 1 aliphatic rings. The molecular weight excluding hydrogens is 270 g/mol. The van der Waals surface area contributed by atoms with E-state index in [1.165, 1.54) is 12.2 Å². The highest BCUT2D eigenvalue weighted by atomic mass is 16.4. The zero-order valence-corrected chi connectivity index (χ0v) is 10.4. The summed E-state index contributed by atoms with van der Waals surface area (Å²) in [5.41, 5.74) is 0.462. The molecule has 0 aliphatic carbocycles. The van der Waals surface area contributed by atoms with Crippen molar-refractivity contribution >= 4 is 11.9 Å². The van der Waals surface area contributed by atoms with E-state index < -0.39 is 29.3 Å². The van der Waals surface area contributed by atoms with Crippen LogP contribution >= 0.6 is 0 Å². The number of carboxylic acids is 1. The molecule has 0 bridgehead atoms. The molecule has 0 saturated carbocycles. The summed E-state index contributed by atoms with van der Waals surface area (Å²) in [6, 6.07) is -1.23. The van der Waals surface area contributed by atoms with Gasteiger partial charge in [-0.1, -0.05) is 12.2 Å². The molecule has 0 fully saturated rings. The maximum absolute atomic E-state index is 12.1. The topological polar surface area (TPSA) is 141 Å². The highest BCUT2D eigenvalue weighted by Gasteiger charge is 2.27. The summed E-state index contributed by atoms with van der Waals surface area (Å²) in [4.78, 5) is 46.2. The summed E-state index contributed by atoms with van der Waals surface area (Å²) in [6.07, 6.45) is 2.68. The van der Waals surface area contributed by atoms with Crippen molar-refractivity contribution in [3.05, 3.63) is 33.1 Å². The minimum Gasteiger partial charge on any atom is -0.479 e. The number of aliphatic carboxylic acids is 1. The molecule has 20 heavy (non-hydrogen) atoms. The minimum atomic E-state index is -1.24. The second-order valence-corrected chi connectivity index (χ2v) is 4.17. The summed E-state index contributed by atoms with van der Waals surface area (Å²) >= 11 is 0. The van der Waals surface area contributed by atoms with Gasteiger partial charge in [0.05, 0.1) is 6.54 Å². The van der Waals surface area contributed by atoms with Gasteiger partial charge in [0, 0.05) is 13.0 Å². The van der Waals surface area contributed by atoms with Crippen LogP contribution in [0.5, 0.6) is 0 Å². The van der Waals surface area contributed by atoms with Crippen molar-refractivity contribution in [2.24, 2.45) is 5.84 Å². The van der Waals surface area contributed by atoms with E-state index in [-0.39, 0.29) is 19.5 Å². The van der Waals surface area contributed by atoms with Gasteiger partial charge in [0.2, 0.25) is 5.91 Å². The summed E-state index contributed by atoms with van der Waals surface area (Å²) in [5.74, 6) is 3.14. The van der Waals surface area contributed by atoms with Crippen molar-refractivity contribution in [3.8, 4) is 0 Å². The van der Waals surface area contributed by atoms with Gasteiger partial charge in [-0.15, -0.1) is 0 Å². The Morgan fingerprint density at radius 3 is 2.70 bits per heavy atom. The lowest BCUT2D eigenvalue weighted by Crippen LogP contribution is -2.36. The molecule has 1 aromatic heterocycles. The first-order valence-electron chi connectivity index (χ1n) is 5.78. The Balaban J connectivity index is 2.43. The first kappa shape index (κ1) is 13.8. The molecule has 1 aliphatic heterocycles. The third-order valence-corrected chi connectivity index (χ3v) is 2.98. The number of hydrogen-bond acceptors (Lipinski definition) is 5. The monoisotopic (exact) mass is 283 g/mol. The molecular formula is C10H13N5O5. The number of nitrogens with one attached hydrogen (secondary N) is 1. The molecule has 2 heterocycles. The standard InChI is InChI=1S/C10H13N5O5/c11-12-7(16)3-5-13-9(19)14-4-1-2-6(8(17)18)15(14)10(13)20/h1-2,6H,3-5,11H2,(H,12,16)(H,17,18). The van der Waals surface area contributed by atoms with Crippen LogP contribution in [0.15, 0.2) is 21.7 Å². The number of nitrogens with two attached hydrogens (primary N) is 1. The average molecular weight is 283 g/mol. The van der Waals surface area contributed by atoms with E-state index in [4.69, 9.17) is 10.9 Å². The third kappa shape index (κ3) is 2.16. The molecule has 1 unspecified atom stereocenters. The van der Waals surface area contributed by atoms with Gasteiger partial charge in [0.25, 0.3) is 0 Å². The zero-order valence-electron chi connectivity index (χ0n) is 10.4. The molecule has 4 N–H and O–H groups in total. The van der Waals surface area contributed by atoms with Crippen LogP contribution < -0.4 is 22.6 Å². The van der Waals surface area contributed by atoms with Gasteiger partial charge in [0.15, 0.2) is 6.04 Å². The highest BCUT2D eigenvalue weighted by molar-refractivity contribution is 5.75. The van der Waals surface area contributed by atoms with E-state index in [2.05, 4.69) is 0 Å². The number of allylic oxidation sites excluding steroid dienone is 1. The molecule has 1 atom stereocenters. The number of rotatable bonds is 4. The average Bonchev–Trinajstić information content (AvgIpc) is 2.68. The molecule has 0 saturated heterocycles. The number of aromatic nitrogens is 3. The molecule has 1 amide bonds. The van der Waals surface area contributed by atoms with Gasteiger partial charge in [-0.3, -0.25) is 10.2 Å². The number of nitrogens with zero attached hydrogens (tertiary/aromatic N) is 3. The van der Waals surface area contributed by atoms with Crippen LogP contribution in [-0.2, 0) is 22.7 Å². The van der Waals surface area contributed by atoms with E-state index in [9.17, 15) is 19.2 Å². The van der Waals surface area contributed by atoms with E-state index >= 15 is 0 Å². The summed E-state index contributed by atoms with van der Waals surface area (Å²) in [6.45, 7) is -0.0615. The zero-order chi connectivity index (χ0) is 14.9. The number of carbonyl (C=O) groups excluding carboxylic acids is 1. The largest absolute Gasteiger partial charge is 0.479 e. The van der Waals surface area contributed by atoms with Gasteiger partial charge in [-0.2, -0.15) is 0 Å². The lowest BCUT2D eigenvalue weighted by Gasteiger charge is -2.16. The highest BCUT2D eigenvalue weighted by Crippen LogP contribution is 2.09. The Morgan fingerprint density at radius 2 is 2.10 bits per heavy atom. The quantitative estimate of drug-likeness (QED) is 0.239. The van der Waals surface area contributed by atoms with Crippen molar-refractivity contribution in [2.75, 3.05) is 0 Å². The van der Waals surface area contributed by atoms with Gasteiger partial charge in [0.1, 0.15) is 0 Å². The molecule has 2 rings (SSSR count). The van der Waals surface area contributed by atoms with E-state index in [1.54, 1.807) is 0 Å².